The van der Waals surface area contributed by atoms with Gasteiger partial charge in [-0.3, -0.25) is 4.79 Å². The summed E-state index contributed by atoms with van der Waals surface area (Å²) in [5.74, 6) is 1.43. The minimum absolute atomic E-state index is 0.102. The molecule has 5 heteroatoms. The predicted octanol–water partition coefficient (Wildman–Crippen LogP) is 4.23. The number of piperazine rings is 1. The van der Waals surface area contributed by atoms with Gasteiger partial charge in [-0.25, -0.2) is 0 Å². The van der Waals surface area contributed by atoms with E-state index in [1.54, 1.807) is 0 Å². The highest BCUT2D eigenvalue weighted by Gasteiger charge is 2.23. The minimum atomic E-state index is 0.102. The molecular weight excluding hydrogens is 360 g/mol. The third kappa shape index (κ3) is 4.29. The Morgan fingerprint density at radius 3 is 2.10 bits per heavy atom. The quantitative estimate of drug-likeness (QED) is 0.673. The molecule has 2 heterocycles. The molecule has 0 aliphatic carbocycles. The Bertz CT molecular complexity index is 944. The van der Waals surface area contributed by atoms with Crippen LogP contribution in [0.25, 0.3) is 11.3 Å². The van der Waals surface area contributed by atoms with Gasteiger partial charge in [-0.05, 0) is 35.7 Å². The Morgan fingerprint density at radius 2 is 1.52 bits per heavy atom. The van der Waals surface area contributed by atoms with Crippen LogP contribution in [0.4, 0.5) is 5.82 Å². The van der Waals surface area contributed by atoms with Gasteiger partial charge >= 0.3 is 0 Å². The lowest BCUT2D eigenvalue weighted by Crippen LogP contribution is -2.49. The molecule has 0 unspecified atom stereocenters. The van der Waals surface area contributed by atoms with Crippen molar-refractivity contribution >= 4 is 11.7 Å². The topological polar surface area (TPSA) is 49.3 Å². The Kier molecular flexibility index (Phi) is 5.56. The molecule has 4 rings (SSSR count). The summed E-state index contributed by atoms with van der Waals surface area (Å²) in [6.45, 7) is 7.21. The number of benzene rings is 2. The van der Waals surface area contributed by atoms with E-state index in [1.807, 2.05) is 59.5 Å². The summed E-state index contributed by atoms with van der Waals surface area (Å²) in [4.78, 5) is 16.9. The fraction of sp³-hybridized carbons (Fsp3) is 0.292. The monoisotopic (exact) mass is 386 g/mol. The lowest BCUT2D eigenvalue weighted by molar-refractivity contribution is 0.0746. The third-order valence-electron chi connectivity index (χ3n) is 5.44. The van der Waals surface area contributed by atoms with Gasteiger partial charge in [-0.2, -0.15) is 0 Å². The number of carbonyl (C=O) groups is 1. The first kappa shape index (κ1) is 19.1. The number of anilines is 1. The van der Waals surface area contributed by atoms with Gasteiger partial charge in [0.2, 0.25) is 0 Å². The second-order valence-corrected chi connectivity index (χ2v) is 7.70. The fourth-order valence-corrected chi connectivity index (χ4v) is 3.59. The highest BCUT2D eigenvalue weighted by molar-refractivity contribution is 5.94. The maximum absolute atomic E-state index is 12.8. The van der Waals surface area contributed by atoms with Gasteiger partial charge in [0.15, 0.2) is 5.82 Å². The van der Waals surface area contributed by atoms with Crippen molar-refractivity contribution in [2.75, 3.05) is 31.1 Å². The molecule has 29 heavy (non-hydrogen) atoms. The SMILES string of the molecule is CC(C)c1ccc(C(=O)N2CCN(c3ccc(-c4ccccc4)nn3)CC2)cc1. The average molecular weight is 386 g/mol. The lowest BCUT2D eigenvalue weighted by atomic mass is 10.0. The summed E-state index contributed by atoms with van der Waals surface area (Å²) in [5.41, 5.74) is 3.94. The second-order valence-electron chi connectivity index (χ2n) is 7.70. The highest BCUT2D eigenvalue weighted by Crippen LogP contribution is 2.20. The van der Waals surface area contributed by atoms with Crippen molar-refractivity contribution in [2.24, 2.45) is 0 Å². The summed E-state index contributed by atoms with van der Waals surface area (Å²) in [6, 6.07) is 22.1. The van der Waals surface area contributed by atoms with Gasteiger partial charge in [0.25, 0.3) is 5.91 Å². The van der Waals surface area contributed by atoms with E-state index >= 15 is 0 Å². The molecular formula is C24H26N4O. The summed E-state index contributed by atoms with van der Waals surface area (Å²) < 4.78 is 0. The van der Waals surface area contributed by atoms with Crippen LogP contribution >= 0.6 is 0 Å². The zero-order valence-corrected chi connectivity index (χ0v) is 17.0. The molecule has 0 atom stereocenters. The molecule has 0 radical (unpaired) electrons. The van der Waals surface area contributed by atoms with Crippen LogP contribution in [0.2, 0.25) is 0 Å². The molecule has 1 aromatic heterocycles. The zero-order valence-electron chi connectivity index (χ0n) is 17.0. The van der Waals surface area contributed by atoms with Crippen LogP contribution in [0.3, 0.4) is 0 Å². The van der Waals surface area contributed by atoms with Gasteiger partial charge in [-0.1, -0.05) is 56.3 Å². The number of hydrogen-bond donors (Lipinski definition) is 0. The average Bonchev–Trinajstić information content (AvgIpc) is 2.79. The van der Waals surface area contributed by atoms with Gasteiger partial charge in [-0.15, -0.1) is 10.2 Å². The second kappa shape index (κ2) is 8.43. The first-order valence-corrected chi connectivity index (χ1v) is 10.1. The Labute approximate surface area is 172 Å². The summed E-state index contributed by atoms with van der Waals surface area (Å²) in [7, 11) is 0. The van der Waals surface area contributed by atoms with Gasteiger partial charge in [0.1, 0.15) is 0 Å². The molecule has 1 amide bonds. The van der Waals surface area contributed by atoms with E-state index in [1.165, 1.54) is 5.56 Å². The molecule has 148 valence electrons. The maximum atomic E-state index is 12.8. The molecule has 1 saturated heterocycles. The fourth-order valence-electron chi connectivity index (χ4n) is 3.59. The number of rotatable bonds is 4. The first-order chi connectivity index (χ1) is 14.1. The molecule has 0 spiro atoms. The molecule has 1 fully saturated rings. The standard InChI is InChI=1S/C24H26N4O/c1-18(2)19-8-10-21(11-9-19)24(29)28-16-14-27(15-17-28)23-13-12-22(25-26-23)20-6-4-3-5-7-20/h3-13,18H,14-17H2,1-2H3. The smallest absolute Gasteiger partial charge is 0.253 e. The van der Waals surface area contributed by atoms with E-state index in [2.05, 4.69) is 41.1 Å². The molecule has 5 nitrogen and oxygen atoms in total. The molecule has 1 aliphatic rings. The highest BCUT2D eigenvalue weighted by atomic mass is 16.2. The van der Waals surface area contributed by atoms with Crippen molar-refractivity contribution in [3.05, 3.63) is 77.9 Å². The Balaban J connectivity index is 1.37. The summed E-state index contributed by atoms with van der Waals surface area (Å²) in [5, 5.41) is 8.78. The lowest BCUT2D eigenvalue weighted by Gasteiger charge is -2.35. The molecule has 1 aliphatic heterocycles. The first-order valence-electron chi connectivity index (χ1n) is 10.1. The summed E-state index contributed by atoms with van der Waals surface area (Å²) >= 11 is 0. The van der Waals surface area contributed by atoms with Crippen molar-refractivity contribution in [1.82, 2.24) is 15.1 Å². The van der Waals surface area contributed by atoms with Crippen LogP contribution < -0.4 is 4.90 Å². The van der Waals surface area contributed by atoms with Crippen LogP contribution in [0.5, 0.6) is 0 Å². The number of nitrogens with zero attached hydrogens (tertiary/aromatic N) is 4. The Hall–Kier alpha value is -3.21. The maximum Gasteiger partial charge on any atom is 0.253 e. The Morgan fingerprint density at radius 1 is 0.828 bits per heavy atom. The van der Waals surface area contributed by atoms with Gasteiger partial charge in [0, 0.05) is 37.3 Å². The van der Waals surface area contributed by atoms with Crippen LogP contribution in [0.1, 0.15) is 35.7 Å². The van der Waals surface area contributed by atoms with Crippen molar-refractivity contribution in [2.45, 2.75) is 19.8 Å². The van der Waals surface area contributed by atoms with Crippen molar-refractivity contribution < 1.29 is 4.79 Å². The third-order valence-corrected chi connectivity index (χ3v) is 5.44. The molecule has 3 aromatic rings. The van der Waals surface area contributed by atoms with E-state index in [9.17, 15) is 4.79 Å². The van der Waals surface area contributed by atoms with Crippen molar-refractivity contribution in [3.63, 3.8) is 0 Å². The number of amides is 1. The predicted molar refractivity (Wildman–Crippen MR) is 116 cm³/mol. The van der Waals surface area contributed by atoms with Crippen LogP contribution in [-0.4, -0.2) is 47.2 Å². The van der Waals surface area contributed by atoms with E-state index in [0.29, 0.717) is 19.0 Å². The van der Waals surface area contributed by atoms with E-state index in [0.717, 1.165) is 35.7 Å². The van der Waals surface area contributed by atoms with Crippen LogP contribution in [-0.2, 0) is 0 Å². The largest absolute Gasteiger partial charge is 0.352 e. The summed E-state index contributed by atoms with van der Waals surface area (Å²) in [6.07, 6.45) is 0. The van der Waals surface area contributed by atoms with E-state index in [4.69, 9.17) is 0 Å². The molecule has 0 bridgehead atoms. The van der Waals surface area contributed by atoms with Crippen molar-refractivity contribution in [1.29, 1.82) is 0 Å². The van der Waals surface area contributed by atoms with E-state index < -0.39 is 0 Å². The van der Waals surface area contributed by atoms with Crippen molar-refractivity contribution in [3.8, 4) is 11.3 Å². The van der Waals surface area contributed by atoms with Crippen LogP contribution in [0.15, 0.2) is 66.7 Å². The minimum Gasteiger partial charge on any atom is -0.352 e. The van der Waals surface area contributed by atoms with Crippen LogP contribution in [0, 0.1) is 0 Å². The number of carbonyl (C=O) groups excluding carboxylic acids is 1. The number of hydrogen-bond acceptors (Lipinski definition) is 4. The molecule has 0 N–H and O–H groups in total. The number of aromatic nitrogens is 2. The molecule has 2 aromatic carbocycles. The molecule has 0 saturated carbocycles. The zero-order chi connectivity index (χ0) is 20.2. The van der Waals surface area contributed by atoms with Gasteiger partial charge in [0.05, 0.1) is 5.69 Å². The van der Waals surface area contributed by atoms with E-state index in [-0.39, 0.29) is 5.91 Å². The van der Waals surface area contributed by atoms with Gasteiger partial charge < -0.3 is 9.80 Å². The normalized spacial score (nSPS) is 14.3.